The Balaban J connectivity index is 2.77. The van der Waals surface area contributed by atoms with Gasteiger partial charge in [-0.15, -0.1) is 0 Å². The van der Waals surface area contributed by atoms with Gasteiger partial charge >= 0.3 is 6.98 Å². The van der Waals surface area contributed by atoms with E-state index in [2.05, 4.69) is 0 Å². The Morgan fingerprint density at radius 2 is 1.78 bits per heavy atom. The number of benzene rings is 1. The van der Waals surface area contributed by atoms with E-state index < -0.39 is 12.6 Å². The number of nitrogens with zero attached hydrogens (tertiary/aromatic N) is 2. The molecule has 0 radical (unpaired) electrons. The zero-order valence-electron chi connectivity index (χ0n) is 10.6. The summed E-state index contributed by atoms with van der Waals surface area (Å²) in [5.74, 6) is 0. The van der Waals surface area contributed by atoms with E-state index in [1.807, 2.05) is 0 Å². The van der Waals surface area contributed by atoms with Gasteiger partial charge in [-0.1, -0.05) is 18.2 Å². The van der Waals surface area contributed by atoms with E-state index in [1.165, 1.54) is 11.6 Å². The van der Waals surface area contributed by atoms with Crippen LogP contribution in [0.2, 0.25) is 0 Å². The zero-order valence-corrected chi connectivity index (χ0v) is 10.6. The summed E-state index contributed by atoms with van der Waals surface area (Å²) in [6.07, 6.45) is 0. The summed E-state index contributed by atoms with van der Waals surface area (Å²) in [4.78, 5) is 1.76. The number of aromatic nitrogens is 1. The standard InChI is InChI=1S/C12H15BF3N2/c1-17(2)8-10-9-6-4-5-7-11(9)18(3)12(10)13(14,15)16/h4-7H,8H2,1-3H3/q-1. The summed E-state index contributed by atoms with van der Waals surface area (Å²) < 4.78 is 40.9. The molecule has 98 valence electrons. The number of aryl methyl sites for hydroxylation is 1. The van der Waals surface area contributed by atoms with Crippen LogP contribution >= 0.6 is 0 Å². The van der Waals surface area contributed by atoms with Crippen LogP contribution in [0.4, 0.5) is 12.9 Å². The molecule has 6 heteroatoms. The van der Waals surface area contributed by atoms with Gasteiger partial charge in [0.05, 0.1) is 0 Å². The van der Waals surface area contributed by atoms with Gasteiger partial charge in [-0.3, -0.25) is 0 Å². The lowest BCUT2D eigenvalue weighted by atomic mass is 9.82. The molecule has 1 aromatic carbocycles. The molecule has 0 saturated heterocycles. The minimum absolute atomic E-state index is 0.290. The molecule has 0 bridgehead atoms. The molecule has 0 N–H and O–H groups in total. The molecule has 0 amide bonds. The van der Waals surface area contributed by atoms with Gasteiger partial charge in [-0.2, -0.15) is 0 Å². The number of hydrogen-bond acceptors (Lipinski definition) is 1. The minimum atomic E-state index is -5.01. The summed E-state index contributed by atoms with van der Waals surface area (Å²) in [7, 11) is 5.02. The number of hydrogen-bond donors (Lipinski definition) is 0. The summed E-state index contributed by atoms with van der Waals surface area (Å²) in [5.41, 5.74) is 0.499. The highest BCUT2D eigenvalue weighted by atomic mass is 19.4. The second-order valence-corrected chi connectivity index (χ2v) is 4.75. The SMILES string of the molecule is CN(C)Cc1c([B-](F)(F)F)n(C)c2ccccc12. The van der Waals surface area contributed by atoms with Crippen LogP contribution in [-0.4, -0.2) is 30.5 Å². The van der Waals surface area contributed by atoms with Crippen LogP contribution in [0.3, 0.4) is 0 Å². The van der Waals surface area contributed by atoms with Crippen molar-refractivity contribution in [3.05, 3.63) is 29.8 Å². The minimum Gasteiger partial charge on any atom is -0.444 e. The Labute approximate surface area is 104 Å². The van der Waals surface area contributed by atoms with Crippen molar-refractivity contribution in [1.82, 2.24) is 9.47 Å². The second-order valence-electron chi connectivity index (χ2n) is 4.75. The van der Waals surface area contributed by atoms with Crippen molar-refractivity contribution < 1.29 is 12.9 Å². The molecule has 0 aliphatic carbocycles. The van der Waals surface area contributed by atoms with Crippen LogP contribution in [-0.2, 0) is 13.6 Å². The summed E-state index contributed by atoms with van der Waals surface area (Å²) in [6, 6.07) is 7.00. The monoisotopic (exact) mass is 255 g/mol. The fourth-order valence-electron chi connectivity index (χ4n) is 2.39. The van der Waals surface area contributed by atoms with E-state index >= 15 is 0 Å². The molecule has 0 spiro atoms. The molecule has 2 aromatic rings. The molecule has 0 unspecified atom stereocenters. The first-order chi connectivity index (χ1) is 8.32. The lowest BCUT2D eigenvalue weighted by Crippen LogP contribution is -2.42. The lowest BCUT2D eigenvalue weighted by Gasteiger charge is -2.20. The summed E-state index contributed by atoms with van der Waals surface area (Å²) in [6.45, 7) is -4.72. The molecule has 2 nitrogen and oxygen atoms in total. The van der Waals surface area contributed by atoms with E-state index in [0.29, 0.717) is 16.5 Å². The van der Waals surface area contributed by atoms with Gasteiger partial charge in [0.25, 0.3) is 0 Å². The van der Waals surface area contributed by atoms with Crippen molar-refractivity contribution in [2.75, 3.05) is 14.1 Å². The summed E-state index contributed by atoms with van der Waals surface area (Å²) >= 11 is 0. The van der Waals surface area contributed by atoms with Crippen molar-refractivity contribution in [2.24, 2.45) is 7.05 Å². The molecule has 2 rings (SSSR count). The zero-order chi connectivity index (χ0) is 13.5. The predicted molar refractivity (Wildman–Crippen MR) is 69.0 cm³/mol. The van der Waals surface area contributed by atoms with Gasteiger partial charge in [0.1, 0.15) is 0 Å². The number of para-hydroxylation sites is 1. The first-order valence-electron chi connectivity index (χ1n) is 5.73. The van der Waals surface area contributed by atoms with Gasteiger partial charge in [0.15, 0.2) is 0 Å². The number of rotatable bonds is 3. The molecule has 1 aromatic heterocycles. The first kappa shape index (κ1) is 13.0. The molecular weight excluding hydrogens is 240 g/mol. The maximum atomic E-state index is 13.2. The van der Waals surface area contributed by atoms with Gasteiger partial charge < -0.3 is 22.4 Å². The predicted octanol–water partition coefficient (Wildman–Crippen LogP) is 2.29. The molecule has 0 saturated carbocycles. The van der Waals surface area contributed by atoms with Crippen LogP contribution in [0.1, 0.15) is 5.56 Å². The normalized spacial score (nSPS) is 12.6. The second kappa shape index (κ2) is 4.35. The quantitative estimate of drug-likeness (QED) is 0.764. The average molecular weight is 255 g/mol. The Kier molecular flexibility index (Phi) is 3.15. The topological polar surface area (TPSA) is 8.17 Å². The van der Waals surface area contributed by atoms with Gasteiger partial charge in [-0.25, -0.2) is 0 Å². The van der Waals surface area contributed by atoms with E-state index in [1.54, 1.807) is 43.3 Å². The van der Waals surface area contributed by atoms with Crippen molar-refractivity contribution in [2.45, 2.75) is 6.54 Å². The first-order valence-corrected chi connectivity index (χ1v) is 5.73. The highest BCUT2D eigenvalue weighted by molar-refractivity contribution is 6.73. The van der Waals surface area contributed by atoms with Gasteiger partial charge in [0.2, 0.25) is 0 Å². The maximum Gasteiger partial charge on any atom is 0.525 e. The number of fused-ring (bicyclic) bond motifs is 1. The van der Waals surface area contributed by atoms with Crippen LogP contribution in [0, 0.1) is 0 Å². The number of halogens is 3. The largest absolute Gasteiger partial charge is 0.525 e. The third-order valence-electron chi connectivity index (χ3n) is 3.05. The van der Waals surface area contributed by atoms with E-state index in [4.69, 9.17) is 0 Å². The van der Waals surface area contributed by atoms with E-state index in [-0.39, 0.29) is 6.54 Å². The molecule has 1 heterocycles. The Morgan fingerprint density at radius 3 is 2.33 bits per heavy atom. The van der Waals surface area contributed by atoms with Crippen LogP contribution < -0.4 is 5.59 Å². The molecule has 0 fully saturated rings. The molecule has 18 heavy (non-hydrogen) atoms. The highest BCUT2D eigenvalue weighted by Crippen LogP contribution is 2.24. The Morgan fingerprint density at radius 1 is 1.17 bits per heavy atom. The maximum absolute atomic E-state index is 13.2. The lowest BCUT2D eigenvalue weighted by molar-refractivity contribution is 0.403. The van der Waals surface area contributed by atoms with E-state index in [0.717, 1.165) is 0 Å². The van der Waals surface area contributed by atoms with Crippen LogP contribution in [0.15, 0.2) is 24.3 Å². The molecular formula is C12H15BF3N2-. The molecule has 0 aliphatic heterocycles. The Hall–Kier alpha value is -1.43. The van der Waals surface area contributed by atoms with Gasteiger partial charge in [-0.05, 0) is 31.3 Å². The molecule has 0 atom stereocenters. The van der Waals surface area contributed by atoms with E-state index in [9.17, 15) is 12.9 Å². The Bertz CT molecular complexity index is 572. The van der Waals surface area contributed by atoms with Crippen LogP contribution in [0.25, 0.3) is 10.9 Å². The van der Waals surface area contributed by atoms with Crippen molar-refractivity contribution in [1.29, 1.82) is 0 Å². The van der Waals surface area contributed by atoms with Crippen molar-refractivity contribution in [3.63, 3.8) is 0 Å². The fourth-order valence-corrected chi connectivity index (χ4v) is 2.39. The summed E-state index contributed by atoms with van der Waals surface area (Å²) in [5, 5.41) is 0.683. The van der Waals surface area contributed by atoms with Gasteiger partial charge in [0, 0.05) is 24.5 Å². The molecule has 0 aliphatic rings. The average Bonchev–Trinajstić information content (AvgIpc) is 2.52. The fraction of sp³-hybridized carbons (Fsp3) is 0.333. The highest BCUT2D eigenvalue weighted by Gasteiger charge is 2.33. The smallest absolute Gasteiger partial charge is 0.444 e. The van der Waals surface area contributed by atoms with Crippen LogP contribution in [0.5, 0.6) is 0 Å². The third kappa shape index (κ3) is 2.12. The van der Waals surface area contributed by atoms with Crippen molar-refractivity contribution >= 4 is 23.5 Å². The van der Waals surface area contributed by atoms with Crippen molar-refractivity contribution in [3.8, 4) is 0 Å². The third-order valence-corrected chi connectivity index (χ3v) is 3.05.